The number of pyridine rings is 3. The van der Waals surface area contributed by atoms with Crippen LogP contribution in [-0.4, -0.2) is 72.9 Å². The average molecular weight is 1930 g/mol. The summed E-state index contributed by atoms with van der Waals surface area (Å²) in [6, 6.07) is 40.1. The fourth-order valence-electron chi connectivity index (χ4n) is 13.0. The Hall–Kier alpha value is -14.7. The van der Waals surface area contributed by atoms with Crippen LogP contribution in [0.2, 0.25) is 15.1 Å². The molecule has 134 heavy (non-hydrogen) atoms. The molecule has 19 rings (SSSR count). The van der Waals surface area contributed by atoms with Gasteiger partial charge in [0.1, 0.15) is 69.8 Å². The third-order valence-corrected chi connectivity index (χ3v) is 20.4. The molecule has 5 aromatic heterocycles. The summed E-state index contributed by atoms with van der Waals surface area (Å²) >= 11 is 18.4. The van der Waals surface area contributed by atoms with Gasteiger partial charge in [0.05, 0.1) is 54.0 Å². The second kappa shape index (κ2) is 39.0. The van der Waals surface area contributed by atoms with Gasteiger partial charge in [-0.2, -0.15) is 0 Å². The van der Waals surface area contributed by atoms with Crippen molar-refractivity contribution in [3.63, 3.8) is 0 Å². The first kappa shape index (κ1) is 91.2. The molecule has 0 spiro atoms. The van der Waals surface area contributed by atoms with Crippen molar-refractivity contribution in [3.05, 3.63) is 308 Å². The van der Waals surface area contributed by atoms with E-state index in [2.05, 4.69) is 123 Å². The SMILES string of the molecule is CC(C)CNc1ccc(-c2cc3c(cc2Cl)OC(F)(F)O3)cn1.Cc1cc2c(cc1-c1ccc(NCc3c(F)cccc3F)nc1)OC(F)(F)O2.Fc1cccc(F)c1CNc1cnc(-c2cc3c(cc2Cl)OC(F)(F)O3)cn1.Fc1ccccc1CNc1cnc(-c2cc3c(cc2Cl)OC(F)(F)O3)cn1.[2H]C([2H])(Nc1ccc(-c2cc3c(cc2C)OC(F)(F)O3)cn1)c1c(F)cccc1F. The van der Waals surface area contributed by atoms with Gasteiger partial charge < -0.3 is 74.0 Å². The molecule has 5 N–H and O–H groups in total. The lowest BCUT2D eigenvalue weighted by Crippen LogP contribution is -2.25. The van der Waals surface area contributed by atoms with E-state index in [4.69, 9.17) is 37.5 Å². The van der Waals surface area contributed by atoms with Gasteiger partial charge in [-0.15, -0.1) is 43.9 Å². The van der Waals surface area contributed by atoms with E-state index in [0.717, 1.165) is 42.7 Å². The molecule has 14 aromatic rings. The number of alkyl halides is 10. The fourth-order valence-corrected chi connectivity index (χ4v) is 13.8. The number of aromatic nitrogens is 7. The Morgan fingerprint density at radius 3 is 0.940 bits per heavy atom. The maximum absolute atomic E-state index is 13.9. The minimum atomic E-state index is -3.76. The Morgan fingerprint density at radius 2 is 0.590 bits per heavy atom. The van der Waals surface area contributed by atoms with Crippen LogP contribution in [0.5, 0.6) is 57.5 Å². The van der Waals surface area contributed by atoms with E-state index < -0.39 is 78.4 Å². The van der Waals surface area contributed by atoms with Crippen molar-refractivity contribution in [3.8, 4) is 113 Å². The molecule has 5 aliphatic heterocycles. The number of anilines is 5. The number of rotatable bonds is 20. The molecule has 42 heteroatoms. The number of aryl methyl sites for hydroxylation is 2. The van der Waals surface area contributed by atoms with Gasteiger partial charge in [-0.25, -0.2) is 55.7 Å². The summed E-state index contributed by atoms with van der Waals surface area (Å²) in [5.41, 5.74) is 5.83. The molecular formula is C92H64Cl3F17N12O10. The van der Waals surface area contributed by atoms with E-state index in [1.54, 1.807) is 56.4 Å². The Bertz CT molecular complexity index is 6570. The first-order valence-electron chi connectivity index (χ1n) is 40.4. The van der Waals surface area contributed by atoms with Crippen LogP contribution in [0.15, 0.2) is 219 Å². The highest BCUT2D eigenvalue weighted by Crippen LogP contribution is 2.51. The van der Waals surface area contributed by atoms with E-state index >= 15 is 0 Å². The summed E-state index contributed by atoms with van der Waals surface area (Å²) < 4.78 is 288. The summed E-state index contributed by atoms with van der Waals surface area (Å²) in [5.74, 6) is -3.70. The zero-order valence-corrected chi connectivity index (χ0v) is 71.2. The van der Waals surface area contributed by atoms with Gasteiger partial charge in [-0.05, 0) is 163 Å². The highest BCUT2D eigenvalue weighted by Gasteiger charge is 2.48. The summed E-state index contributed by atoms with van der Waals surface area (Å²) in [7, 11) is 0. The van der Waals surface area contributed by atoms with Crippen molar-refractivity contribution in [2.75, 3.05) is 33.1 Å². The average Bonchev–Trinajstić information content (AvgIpc) is 1.75. The normalized spacial score (nSPS) is 14.7. The molecule has 10 heterocycles. The topological polar surface area (TPSA) is 243 Å². The number of halogens is 20. The van der Waals surface area contributed by atoms with Gasteiger partial charge in [0.25, 0.3) is 0 Å². The molecule has 0 aliphatic carbocycles. The van der Waals surface area contributed by atoms with Gasteiger partial charge in [0.15, 0.2) is 57.5 Å². The molecule has 0 radical (unpaired) electrons. The smallest absolute Gasteiger partial charge is 0.395 e. The van der Waals surface area contributed by atoms with E-state index in [1.165, 1.54) is 134 Å². The van der Waals surface area contributed by atoms with Gasteiger partial charge in [0, 0.05) is 125 Å². The molecule has 0 unspecified atom stereocenters. The Morgan fingerprint density at radius 1 is 0.299 bits per heavy atom. The molecule has 0 saturated heterocycles. The molecule has 0 atom stereocenters. The standard InChI is InChI=1S/2C20H14F4N2O2.C18H10ClF4N3O2.C18H11ClF3N3O2.C16H15ClF2N2O2/c2*1-11-7-17-18(28-20(23,24)27-17)8-13(11)12-5-6-19(25-9-12)26-10-14-15(21)3-2-4-16(14)22;19-11-5-16-15(27-18(22,23)28-16)4-9(11)14-7-26-17(8-24-14)25-6-10-12(20)2-1-3-13(10)21;19-12-6-16-15(26-18(21,22)27-16)5-11(12)14-8-25-17(9-23-14)24-7-10-3-1-2-4-13(10)20;1-9(2)7-20-15-4-3-10(8-21-15)11-5-13-14(6-12(11)17)23-16(18,19)22-13/h2*2-9H,10H2,1H3,(H,25,26);1-5,7-8H,6H2,(H,25,26);1-6,8-9H,7H2,(H,24,25);3-6,8-9H,7H2,1-2H3,(H,20,21)/i10D2;;;;. The molecule has 0 saturated carbocycles. The number of hydrogen-bond donors (Lipinski definition) is 5. The second-order valence-electron chi connectivity index (χ2n) is 29.4. The number of fused-ring (bicyclic) bond motifs is 5. The predicted octanol–water partition coefficient (Wildman–Crippen LogP) is 25.2. The highest BCUT2D eigenvalue weighted by atomic mass is 35.5. The predicted molar refractivity (Wildman–Crippen MR) is 458 cm³/mol. The third-order valence-electron chi connectivity index (χ3n) is 19.5. The van der Waals surface area contributed by atoms with Crippen LogP contribution >= 0.6 is 34.8 Å². The lowest BCUT2D eigenvalue weighted by Gasteiger charge is -2.10. The monoisotopic (exact) mass is 1930 g/mol. The van der Waals surface area contributed by atoms with Crippen molar-refractivity contribution in [2.45, 2.75) is 85.3 Å². The minimum absolute atomic E-state index is 0.0237. The molecule has 5 aliphatic rings. The summed E-state index contributed by atoms with van der Waals surface area (Å²) in [6.07, 6.45) is -8.50. The number of nitrogens with zero attached hydrogens (tertiary/aromatic N) is 7. The van der Waals surface area contributed by atoms with Crippen molar-refractivity contribution in [1.29, 1.82) is 0 Å². The van der Waals surface area contributed by atoms with Crippen molar-refractivity contribution in [1.82, 2.24) is 34.9 Å². The molecule has 692 valence electrons. The van der Waals surface area contributed by atoms with Crippen LogP contribution in [0.25, 0.3) is 55.9 Å². The minimum Gasteiger partial charge on any atom is -0.395 e. The van der Waals surface area contributed by atoms with Crippen molar-refractivity contribution >= 4 is 63.9 Å². The first-order valence-corrected chi connectivity index (χ1v) is 40.5. The zero-order chi connectivity index (χ0) is 97.1. The van der Waals surface area contributed by atoms with E-state index in [9.17, 15) is 74.6 Å². The Balaban J connectivity index is 0.000000130. The lowest BCUT2D eigenvalue weighted by atomic mass is 10.0. The number of nitrogens with one attached hydrogen (secondary N) is 5. The zero-order valence-electron chi connectivity index (χ0n) is 71.0. The van der Waals surface area contributed by atoms with Crippen LogP contribution in [0.3, 0.4) is 0 Å². The Kier molecular flexibility index (Phi) is 26.5. The van der Waals surface area contributed by atoms with Gasteiger partial charge >= 0.3 is 31.5 Å². The Labute approximate surface area is 766 Å². The third kappa shape index (κ3) is 22.9. The number of hydrogen-bond acceptors (Lipinski definition) is 22. The van der Waals surface area contributed by atoms with Crippen molar-refractivity contribution < 1.29 is 125 Å². The van der Waals surface area contributed by atoms with Crippen LogP contribution in [0.4, 0.5) is 104 Å². The second-order valence-corrected chi connectivity index (χ2v) is 30.7. The van der Waals surface area contributed by atoms with Crippen LogP contribution in [-0.2, 0) is 26.1 Å². The fraction of sp³-hybridized carbons (Fsp3) is 0.163. The van der Waals surface area contributed by atoms with Crippen LogP contribution in [0.1, 0.15) is 50.0 Å². The molecule has 0 bridgehead atoms. The quantitative estimate of drug-likeness (QED) is 0.0445. The van der Waals surface area contributed by atoms with E-state index in [1.807, 2.05) is 12.1 Å². The van der Waals surface area contributed by atoms with Crippen LogP contribution < -0.4 is 74.0 Å². The number of ether oxygens (including phenoxy) is 10. The summed E-state index contributed by atoms with van der Waals surface area (Å²) in [5, 5.41) is 14.7. The van der Waals surface area contributed by atoms with Gasteiger partial charge in [0.2, 0.25) is 0 Å². The number of benzene rings is 9. The van der Waals surface area contributed by atoms with Crippen molar-refractivity contribution in [2.24, 2.45) is 5.92 Å². The van der Waals surface area contributed by atoms with Gasteiger partial charge in [-0.1, -0.05) is 85.0 Å². The maximum Gasteiger partial charge on any atom is 0.586 e. The summed E-state index contributed by atoms with van der Waals surface area (Å²) in [6.45, 7) is 5.93. The first-order chi connectivity index (χ1) is 64.4. The lowest BCUT2D eigenvalue weighted by molar-refractivity contribution is -0.287. The molecule has 0 fully saturated rings. The molecular weight excluding hydrogens is 1860 g/mol. The highest BCUT2D eigenvalue weighted by molar-refractivity contribution is 6.34. The summed E-state index contributed by atoms with van der Waals surface area (Å²) in [4.78, 5) is 29.2. The van der Waals surface area contributed by atoms with E-state index in [0.29, 0.717) is 84.4 Å². The van der Waals surface area contributed by atoms with Crippen LogP contribution in [0, 0.1) is 60.5 Å². The van der Waals surface area contributed by atoms with Gasteiger partial charge in [-0.3, -0.25) is 9.97 Å². The molecule has 22 nitrogen and oxygen atoms in total. The molecule has 0 amide bonds. The van der Waals surface area contributed by atoms with E-state index in [-0.39, 0.29) is 126 Å². The maximum atomic E-state index is 13.9. The largest absolute Gasteiger partial charge is 0.586 e. The molecule has 9 aromatic carbocycles.